The summed E-state index contributed by atoms with van der Waals surface area (Å²) in [6, 6.07) is 0. The van der Waals surface area contributed by atoms with E-state index in [0.717, 1.165) is 43.4 Å². The van der Waals surface area contributed by atoms with Gasteiger partial charge in [-0.25, -0.2) is 0 Å². The Labute approximate surface area is 123 Å². The summed E-state index contributed by atoms with van der Waals surface area (Å²) in [5, 5.41) is 9.12. The second kappa shape index (κ2) is 4.98. The van der Waals surface area contributed by atoms with E-state index in [-0.39, 0.29) is 11.7 Å². The molecule has 4 rings (SSSR count). The first kappa shape index (κ1) is 13.1. The zero-order valence-electron chi connectivity index (χ0n) is 12.6. The molecule has 5 nitrogen and oxygen atoms in total. The van der Waals surface area contributed by atoms with Crippen LogP contribution in [0.2, 0.25) is 0 Å². The fraction of sp³-hybridized carbons (Fsp3) is 0.625. The predicted octanol–water partition coefficient (Wildman–Crippen LogP) is 1.89. The van der Waals surface area contributed by atoms with Crippen molar-refractivity contribution >= 4 is 11.0 Å². The lowest BCUT2D eigenvalue weighted by Crippen LogP contribution is -2.40. The Hall–Kier alpha value is -1.62. The van der Waals surface area contributed by atoms with Gasteiger partial charge in [-0.05, 0) is 57.1 Å². The van der Waals surface area contributed by atoms with Gasteiger partial charge in [-0.1, -0.05) is 0 Å². The van der Waals surface area contributed by atoms with Gasteiger partial charge in [0.05, 0.1) is 12.4 Å². The number of aromatic nitrogens is 3. The number of piperidine rings is 1. The van der Waals surface area contributed by atoms with E-state index in [1.807, 2.05) is 22.5 Å². The van der Waals surface area contributed by atoms with Gasteiger partial charge in [-0.3, -0.25) is 19.4 Å². The van der Waals surface area contributed by atoms with Crippen molar-refractivity contribution in [2.75, 3.05) is 6.54 Å². The van der Waals surface area contributed by atoms with E-state index in [1.54, 1.807) is 0 Å². The van der Waals surface area contributed by atoms with Crippen molar-refractivity contribution in [3.63, 3.8) is 0 Å². The molecule has 112 valence electrons. The Morgan fingerprint density at radius 1 is 1.19 bits per heavy atom. The van der Waals surface area contributed by atoms with Gasteiger partial charge in [0.1, 0.15) is 5.65 Å². The summed E-state index contributed by atoms with van der Waals surface area (Å²) in [5.41, 5.74) is 3.48. The molecular weight excluding hydrogens is 264 g/mol. The molecule has 0 unspecified atom stereocenters. The monoisotopic (exact) mass is 286 g/mol. The molecule has 1 saturated heterocycles. The van der Waals surface area contributed by atoms with E-state index in [9.17, 15) is 4.79 Å². The predicted molar refractivity (Wildman–Crippen MR) is 82.5 cm³/mol. The van der Waals surface area contributed by atoms with E-state index in [2.05, 4.69) is 10.4 Å². The summed E-state index contributed by atoms with van der Waals surface area (Å²) >= 11 is 0. The van der Waals surface area contributed by atoms with Crippen LogP contribution in [0, 0.1) is 0 Å². The second-order valence-corrected chi connectivity index (χ2v) is 6.31. The highest BCUT2D eigenvalue weighted by molar-refractivity contribution is 5.80. The van der Waals surface area contributed by atoms with Gasteiger partial charge in [0.2, 0.25) is 0 Å². The Kier molecular flexibility index (Phi) is 3.10. The zero-order valence-corrected chi connectivity index (χ0v) is 12.6. The molecule has 3 heterocycles. The Bertz CT molecular complexity index is 737. The Balaban J connectivity index is 2.02. The van der Waals surface area contributed by atoms with Crippen molar-refractivity contribution in [2.45, 2.75) is 51.1 Å². The molecule has 21 heavy (non-hydrogen) atoms. The molecule has 0 saturated carbocycles. The summed E-state index contributed by atoms with van der Waals surface area (Å²) in [5.74, 6) is 0. The van der Waals surface area contributed by atoms with E-state index >= 15 is 0 Å². The number of hydrogen-bond donors (Lipinski definition) is 1. The number of aryl methyl sites for hydroxylation is 2. The smallest absolute Gasteiger partial charge is 0.256 e. The normalized spacial score (nSPS) is 22.4. The Morgan fingerprint density at radius 3 is 2.76 bits per heavy atom. The standard InChI is InChI=1S/C16H22N4O/c1-19-15-13(10-18-19)11-6-2-3-7-12(11)16(21)20(15)14-8-4-5-9-17-14/h10,14,17H,2-9H2,1H3/t14-/m0/s1. The van der Waals surface area contributed by atoms with Gasteiger partial charge in [-0.2, -0.15) is 5.10 Å². The number of nitrogens with one attached hydrogen (secondary N) is 1. The van der Waals surface area contributed by atoms with Gasteiger partial charge >= 0.3 is 0 Å². The fourth-order valence-electron chi connectivity index (χ4n) is 3.95. The van der Waals surface area contributed by atoms with Gasteiger partial charge in [-0.15, -0.1) is 0 Å². The van der Waals surface area contributed by atoms with Crippen molar-refractivity contribution in [1.29, 1.82) is 0 Å². The molecule has 2 aromatic heterocycles. The van der Waals surface area contributed by atoms with Crippen LogP contribution in [0.25, 0.3) is 11.0 Å². The maximum atomic E-state index is 13.1. The first-order valence-corrected chi connectivity index (χ1v) is 8.08. The summed E-state index contributed by atoms with van der Waals surface area (Å²) in [4.78, 5) is 13.1. The molecule has 2 aliphatic rings. The van der Waals surface area contributed by atoms with E-state index in [4.69, 9.17) is 0 Å². The number of rotatable bonds is 1. The van der Waals surface area contributed by atoms with Crippen LogP contribution in [0.1, 0.15) is 49.4 Å². The number of hydrogen-bond acceptors (Lipinski definition) is 3. The first-order chi connectivity index (χ1) is 10.3. The van der Waals surface area contributed by atoms with Crippen LogP contribution in [0.4, 0.5) is 0 Å². The highest BCUT2D eigenvalue weighted by atomic mass is 16.1. The molecule has 0 spiro atoms. The largest absolute Gasteiger partial charge is 0.297 e. The molecular formula is C16H22N4O. The summed E-state index contributed by atoms with van der Waals surface area (Å²) in [7, 11) is 1.94. The van der Waals surface area contributed by atoms with Crippen molar-refractivity contribution in [1.82, 2.24) is 19.7 Å². The van der Waals surface area contributed by atoms with Crippen molar-refractivity contribution in [3.8, 4) is 0 Å². The van der Waals surface area contributed by atoms with Crippen molar-refractivity contribution in [3.05, 3.63) is 27.7 Å². The highest BCUT2D eigenvalue weighted by Gasteiger charge is 2.25. The number of pyridine rings is 1. The molecule has 0 amide bonds. The third-order valence-corrected chi connectivity index (χ3v) is 5.00. The van der Waals surface area contributed by atoms with E-state index < -0.39 is 0 Å². The zero-order chi connectivity index (χ0) is 14.4. The number of fused-ring (bicyclic) bond motifs is 3. The van der Waals surface area contributed by atoms with Crippen LogP contribution in [0.15, 0.2) is 11.0 Å². The third kappa shape index (κ3) is 1.94. The fourth-order valence-corrected chi connectivity index (χ4v) is 3.95. The molecule has 1 N–H and O–H groups in total. The highest BCUT2D eigenvalue weighted by Crippen LogP contribution is 2.28. The van der Waals surface area contributed by atoms with Gasteiger partial charge in [0.25, 0.3) is 5.56 Å². The van der Waals surface area contributed by atoms with Crippen LogP contribution in [-0.4, -0.2) is 20.9 Å². The molecule has 1 atom stereocenters. The molecule has 0 aromatic carbocycles. The second-order valence-electron chi connectivity index (χ2n) is 6.31. The lowest BCUT2D eigenvalue weighted by Gasteiger charge is -2.28. The maximum absolute atomic E-state index is 13.1. The van der Waals surface area contributed by atoms with Crippen LogP contribution in [-0.2, 0) is 19.9 Å². The SMILES string of the molecule is Cn1ncc2c3c(c(=O)n([C@H]4CCCCN4)c21)CCCC3. The van der Waals surface area contributed by atoms with E-state index in [1.165, 1.54) is 30.2 Å². The van der Waals surface area contributed by atoms with Crippen molar-refractivity contribution < 1.29 is 0 Å². The molecule has 1 aliphatic heterocycles. The molecule has 1 aliphatic carbocycles. The minimum atomic E-state index is 0.122. The average molecular weight is 286 g/mol. The topological polar surface area (TPSA) is 51.9 Å². The average Bonchev–Trinajstić information content (AvgIpc) is 2.91. The minimum absolute atomic E-state index is 0.122. The van der Waals surface area contributed by atoms with Crippen LogP contribution < -0.4 is 10.9 Å². The first-order valence-electron chi connectivity index (χ1n) is 8.08. The molecule has 2 aromatic rings. The Morgan fingerprint density at radius 2 is 2.00 bits per heavy atom. The maximum Gasteiger partial charge on any atom is 0.256 e. The summed E-state index contributed by atoms with van der Waals surface area (Å²) in [6.45, 7) is 0.994. The van der Waals surface area contributed by atoms with Crippen LogP contribution in [0.5, 0.6) is 0 Å². The van der Waals surface area contributed by atoms with Gasteiger partial charge in [0.15, 0.2) is 0 Å². The molecule has 1 fully saturated rings. The van der Waals surface area contributed by atoms with Crippen molar-refractivity contribution in [2.24, 2.45) is 7.05 Å². The minimum Gasteiger partial charge on any atom is -0.297 e. The van der Waals surface area contributed by atoms with Crippen LogP contribution in [0.3, 0.4) is 0 Å². The van der Waals surface area contributed by atoms with Crippen LogP contribution >= 0.6 is 0 Å². The summed E-state index contributed by atoms with van der Waals surface area (Å²) < 4.78 is 3.84. The van der Waals surface area contributed by atoms with Gasteiger partial charge < -0.3 is 0 Å². The van der Waals surface area contributed by atoms with E-state index in [0.29, 0.717) is 0 Å². The lowest BCUT2D eigenvalue weighted by atomic mass is 9.91. The third-order valence-electron chi connectivity index (χ3n) is 5.00. The number of nitrogens with zero attached hydrogens (tertiary/aromatic N) is 3. The summed E-state index contributed by atoms with van der Waals surface area (Å²) in [6.07, 6.45) is 9.73. The molecule has 0 radical (unpaired) electrons. The molecule has 0 bridgehead atoms. The van der Waals surface area contributed by atoms with Gasteiger partial charge in [0, 0.05) is 18.0 Å². The lowest BCUT2D eigenvalue weighted by molar-refractivity contribution is 0.317. The molecule has 5 heteroatoms. The quantitative estimate of drug-likeness (QED) is 0.871.